The van der Waals surface area contributed by atoms with Crippen LogP contribution in [0.2, 0.25) is 5.02 Å². The molecule has 3 aromatic carbocycles. The van der Waals surface area contributed by atoms with Crippen LogP contribution in [0.1, 0.15) is 23.6 Å². The van der Waals surface area contributed by atoms with Crippen molar-refractivity contribution in [2.45, 2.75) is 20.5 Å². The van der Waals surface area contributed by atoms with Crippen molar-refractivity contribution in [2.75, 3.05) is 11.9 Å². The van der Waals surface area contributed by atoms with Crippen LogP contribution in [0.4, 0.5) is 5.69 Å². The molecule has 0 aliphatic rings. The number of rotatable bonds is 8. The van der Waals surface area contributed by atoms with Gasteiger partial charge in [0, 0.05) is 5.69 Å². The standard InChI is InChI=1S/C26H23ClN2O3/c1-3-31-23-10-8-22(9-11-23)29-26(30)21(16-28)14-19-7-12-25(24(27)15-19)32-17-20-6-4-5-18(2)13-20/h4-15H,3,17H2,1-2H3,(H,29,30)/b21-14+. The highest BCUT2D eigenvalue weighted by molar-refractivity contribution is 6.32. The number of carbonyl (C=O) groups is 1. The van der Waals surface area contributed by atoms with Crippen molar-refractivity contribution in [1.82, 2.24) is 0 Å². The number of hydrogen-bond acceptors (Lipinski definition) is 4. The van der Waals surface area contributed by atoms with Crippen LogP contribution in [0.25, 0.3) is 6.08 Å². The second kappa shape index (κ2) is 11.0. The Morgan fingerprint density at radius 1 is 1.09 bits per heavy atom. The summed E-state index contributed by atoms with van der Waals surface area (Å²) in [5, 5.41) is 12.6. The third kappa shape index (κ3) is 6.37. The third-order valence-corrected chi connectivity index (χ3v) is 4.83. The molecule has 0 radical (unpaired) electrons. The monoisotopic (exact) mass is 446 g/mol. The van der Waals surface area contributed by atoms with E-state index in [2.05, 4.69) is 5.32 Å². The number of halogens is 1. The molecule has 0 heterocycles. The van der Waals surface area contributed by atoms with E-state index in [4.69, 9.17) is 21.1 Å². The number of aryl methyl sites for hydroxylation is 1. The Labute approximate surface area is 192 Å². The Balaban J connectivity index is 1.67. The smallest absolute Gasteiger partial charge is 0.266 e. The molecule has 0 saturated heterocycles. The Hall–Kier alpha value is -3.75. The molecule has 6 heteroatoms. The van der Waals surface area contributed by atoms with Crippen molar-refractivity contribution in [3.05, 3.63) is 94.0 Å². The highest BCUT2D eigenvalue weighted by atomic mass is 35.5. The third-order valence-electron chi connectivity index (χ3n) is 4.53. The lowest BCUT2D eigenvalue weighted by atomic mass is 10.1. The number of nitriles is 1. The van der Waals surface area contributed by atoms with E-state index in [1.807, 2.05) is 44.2 Å². The van der Waals surface area contributed by atoms with Gasteiger partial charge in [0.25, 0.3) is 5.91 Å². The number of nitrogens with one attached hydrogen (secondary N) is 1. The summed E-state index contributed by atoms with van der Waals surface area (Å²) < 4.78 is 11.2. The molecule has 0 aliphatic carbocycles. The number of benzene rings is 3. The van der Waals surface area contributed by atoms with Gasteiger partial charge in [-0.1, -0.05) is 47.5 Å². The van der Waals surface area contributed by atoms with Gasteiger partial charge in [-0.15, -0.1) is 0 Å². The SMILES string of the molecule is CCOc1ccc(NC(=O)/C(C#N)=C/c2ccc(OCc3cccc(C)c3)c(Cl)c2)cc1. The van der Waals surface area contributed by atoms with Crippen molar-refractivity contribution in [2.24, 2.45) is 0 Å². The van der Waals surface area contributed by atoms with Crippen molar-refractivity contribution >= 4 is 29.3 Å². The number of amides is 1. The van der Waals surface area contributed by atoms with Gasteiger partial charge in [0.1, 0.15) is 29.7 Å². The fourth-order valence-corrected chi connectivity index (χ4v) is 3.25. The molecule has 0 aliphatic heterocycles. The first kappa shape index (κ1) is 22.9. The molecule has 0 bridgehead atoms. The Morgan fingerprint density at radius 2 is 1.88 bits per heavy atom. The van der Waals surface area contributed by atoms with Crippen LogP contribution >= 0.6 is 11.6 Å². The number of carbonyl (C=O) groups excluding carboxylic acids is 1. The van der Waals surface area contributed by atoms with Gasteiger partial charge in [0.05, 0.1) is 11.6 Å². The summed E-state index contributed by atoms with van der Waals surface area (Å²) in [4.78, 5) is 12.5. The normalized spacial score (nSPS) is 10.9. The van der Waals surface area contributed by atoms with Crippen molar-refractivity contribution in [3.8, 4) is 17.6 Å². The van der Waals surface area contributed by atoms with Crippen molar-refractivity contribution in [3.63, 3.8) is 0 Å². The van der Waals surface area contributed by atoms with Crippen LogP contribution in [-0.4, -0.2) is 12.5 Å². The second-order valence-corrected chi connectivity index (χ2v) is 7.46. The van der Waals surface area contributed by atoms with Crippen LogP contribution in [0.3, 0.4) is 0 Å². The molecule has 0 aromatic heterocycles. The zero-order valence-electron chi connectivity index (χ0n) is 17.9. The van der Waals surface area contributed by atoms with E-state index in [0.29, 0.717) is 41.0 Å². The summed E-state index contributed by atoms with van der Waals surface area (Å²) in [6, 6.07) is 22.1. The molecule has 0 unspecified atom stereocenters. The average molecular weight is 447 g/mol. The van der Waals surface area contributed by atoms with Gasteiger partial charge in [-0.3, -0.25) is 4.79 Å². The lowest BCUT2D eigenvalue weighted by Gasteiger charge is -2.10. The zero-order chi connectivity index (χ0) is 22.9. The van der Waals surface area contributed by atoms with Crippen LogP contribution < -0.4 is 14.8 Å². The van der Waals surface area contributed by atoms with Gasteiger partial charge < -0.3 is 14.8 Å². The maximum Gasteiger partial charge on any atom is 0.266 e. The number of nitrogens with zero attached hydrogens (tertiary/aromatic N) is 1. The average Bonchev–Trinajstić information content (AvgIpc) is 2.78. The van der Waals surface area contributed by atoms with E-state index in [9.17, 15) is 10.1 Å². The van der Waals surface area contributed by atoms with E-state index < -0.39 is 5.91 Å². The summed E-state index contributed by atoms with van der Waals surface area (Å²) >= 11 is 6.35. The van der Waals surface area contributed by atoms with Crippen LogP contribution in [-0.2, 0) is 11.4 Å². The second-order valence-electron chi connectivity index (χ2n) is 7.05. The van der Waals surface area contributed by atoms with Gasteiger partial charge >= 0.3 is 0 Å². The molecule has 0 saturated carbocycles. The lowest BCUT2D eigenvalue weighted by Crippen LogP contribution is -2.13. The molecule has 5 nitrogen and oxygen atoms in total. The molecule has 162 valence electrons. The summed E-state index contributed by atoms with van der Waals surface area (Å²) in [5.74, 6) is 0.733. The predicted octanol–water partition coefficient (Wildman–Crippen LogP) is 6.17. The highest BCUT2D eigenvalue weighted by Crippen LogP contribution is 2.27. The quantitative estimate of drug-likeness (QED) is 0.331. The highest BCUT2D eigenvalue weighted by Gasteiger charge is 2.11. The van der Waals surface area contributed by atoms with E-state index in [0.717, 1.165) is 11.1 Å². The number of anilines is 1. The molecular weight excluding hydrogens is 424 g/mol. The minimum Gasteiger partial charge on any atom is -0.494 e. The molecule has 1 N–H and O–H groups in total. The van der Waals surface area contributed by atoms with Gasteiger partial charge in [0.2, 0.25) is 0 Å². The van der Waals surface area contributed by atoms with Crippen LogP contribution in [0.5, 0.6) is 11.5 Å². The number of hydrogen-bond donors (Lipinski definition) is 1. The van der Waals surface area contributed by atoms with Crippen molar-refractivity contribution in [1.29, 1.82) is 5.26 Å². The van der Waals surface area contributed by atoms with E-state index in [-0.39, 0.29) is 5.57 Å². The largest absolute Gasteiger partial charge is 0.494 e. The van der Waals surface area contributed by atoms with Crippen LogP contribution in [0.15, 0.2) is 72.3 Å². The molecule has 3 rings (SSSR count). The Bertz CT molecular complexity index is 1160. The lowest BCUT2D eigenvalue weighted by molar-refractivity contribution is -0.112. The van der Waals surface area contributed by atoms with Crippen molar-refractivity contribution < 1.29 is 14.3 Å². The maximum absolute atomic E-state index is 12.5. The van der Waals surface area contributed by atoms with E-state index in [1.54, 1.807) is 42.5 Å². The molecule has 3 aromatic rings. The predicted molar refractivity (Wildman–Crippen MR) is 127 cm³/mol. The minimum absolute atomic E-state index is 0.0385. The molecule has 32 heavy (non-hydrogen) atoms. The maximum atomic E-state index is 12.5. The molecular formula is C26H23ClN2O3. The topological polar surface area (TPSA) is 71.3 Å². The first-order valence-corrected chi connectivity index (χ1v) is 10.5. The van der Waals surface area contributed by atoms with Gasteiger partial charge in [0.15, 0.2) is 0 Å². The van der Waals surface area contributed by atoms with E-state index >= 15 is 0 Å². The van der Waals surface area contributed by atoms with Crippen LogP contribution in [0, 0.1) is 18.3 Å². The zero-order valence-corrected chi connectivity index (χ0v) is 18.6. The Kier molecular flexibility index (Phi) is 7.91. The first-order valence-electron chi connectivity index (χ1n) is 10.1. The van der Waals surface area contributed by atoms with Gasteiger partial charge in [-0.2, -0.15) is 5.26 Å². The van der Waals surface area contributed by atoms with E-state index in [1.165, 1.54) is 6.08 Å². The molecule has 0 fully saturated rings. The van der Waals surface area contributed by atoms with Gasteiger partial charge in [-0.05, 0) is 67.4 Å². The molecule has 0 spiro atoms. The summed E-state index contributed by atoms with van der Waals surface area (Å²) in [7, 11) is 0. The first-order chi connectivity index (χ1) is 15.5. The van der Waals surface area contributed by atoms with Gasteiger partial charge in [-0.25, -0.2) is 0 Å². The summed E-state index contributed by atoms with van der Waals surface area (Å²) in [6.45, 7) is 4.88. The Morgan fingerprint density at radius 3 is 2.53 bits per heavy atom. The fourth-order valence-electron chi connectivity index (χ4n) is 3.00. The molecule has 1 amide bonds. The molecule has 0 atom stereocenters. The summed E-state index contributed by atoms with van der Waals surface area (Å²) in [6.07, 6.45) is 1.49. The fraction of sp³-hybridized carbons (Fsp3) is 0.154. The number of ether oxygens (including phenoxy) is 2. The minimum atomic E-state index is -0.507. The summed E-state index contributed by atoms with van der Waals surface area (Å²) in [5.41, 5.74) is 3.35.